The Morgan fingerprint density at radius 3 is 1.20 bits per heavy atom. The molecule has 4 atom stereocenters. The van der Waals surface area contributed by atoms with Gasteiger partial charge in [0, 0.05) is 45.7 Å². The zero-order valence-corrected chi connectivity index (χ0v) is 36.6. The van der Waals surface area contributed by atoms with Crippen molar-refractivity contribution in [2.24, 2.45) is 0 Å². The fourth-order valence-electron chi connectivity index (χ4n) is 10.2. The molecule has 8 aliphatic heterocycles. The summed E-state index contributed by atoms with van der Waals surface area (Å²) >= 11 is 7.50. The number of hydrogen-bond acceptors (Lipinski definition) is 12. The van der Waals surface area contributed by atoms with Crippen LogP contribution in [0.1, 0.15) is 129 Å². The van der Waals surface area contributed by atoms with Crippen LogP contribution in [-0.4, -0.2) is 78.8 Å². The highest BCUT2D eigenvalue weighted by molar-refractivity contribution is 7.11. The van der Waals surface area contributed by atoms with Crippen LogP contribution in [0.3, 0.4) is 0 Å². The van der Waals surface area contributed by atoms with Gasteiger partial charge in [0.05, 0.1) is 26.4 Å². The van der Waals surface area contributed by atoms with Crippen molar-refractivity contribution in [3.63, 3.8) is 0 Å². The Morgan fingerprint density at radius 1 is 0.443 bits per heavy atom. The summed E-state index contributed by atoms with van der Waals surface area (Å²) in [6.07, 6.45) is 11.5. The number of rotatable bonds is 0. The monoisotopic (exact) mass is 917 g/mol. The van der Waals surface area contributed by atoms with Crippen molar-refractivity contribution in [1.82, 2.24) is 21.3 Å². The van der Waals surface area contributed by atoms with Crippen molar-refractivity contribution < 1.29 is 18.9 Å². The van der Waals surface area contributed by atoms with E-state index < -0.39 is 0 Å². The lowest BCUT2D eigenvalue weighted by atomic mass is 9.86. The number of nitrogens with one attached hydrogen (secondary N) is 4. The second-order valence-corrected chi connectivity index (χ2v) is 20.4. The van der Waals surface area contributed by atoms with Gasteiger partial charge >= 0.3 is 0 Å². The summed E-state index contributed by atoms with van der Waals surface area (Å²) < 4.78 is 24.1. The van der Waals surface area contributed by atoms with Crippen LogP contribution < -0.4 is 21.3 Å². The Kier molecular flexibility index (Phi) is 19.3. The molecule has 0 aliphatic carbocycles. The summed E-state index contributed by atoms with van der Waals surface area (Å²) in [7, 11) is 0. The predicted octanol–water partition coefficient (Wildman–Crippen LogP) is 10.6. The van der Waals surface area contributed by atoms with E-state index in [1.807, 2.05) is 45.3 Å². The van der Waals surface area contributed by atoms with Gasteiger partial charge in [0.15, 0.2) is 0 Å². The summed E-state index contributed by atoms with van der Waals surface area (Å²) in [6.45, 7) is 16.5. The van der Waals surface area contributed by atoms with E-state index in [9.17, 15) is 0 Å². The molecule has 344 valence electrons. The molecule has 4 unspecified atom stereocenters. The van der Waals surface area contributed by atoms with E-state index in [0.29, 0.717) is 0 Å². The van der Waals surface area contributed by atoms with Crippen molar-refractivity contribution in [2.45, 2.75) is 138 Å². The maximum atomic E-state index is 6.09. The Balaban J connectivity index is 0.000000174. The van der Waals surface area contributed by atoms with Gasteiger partial charge < -0.3 is 40.2 Å². The smallest absolute Gasteiger partial charge is 0.116 e. The van der Waals surface area contributed by atoms with Crippen molar-refractivity contribution in [2.75, 3.05) is 78.8 Å². The standard InChI is InChI=1S/C12H17NOS.2C11H15NOS.C10H13NOS.5CH4/c1-9-7-15-11-10(9)3-6-14-12(11)4-2-5-13-8-12;1-8-6-14-10-9(8)2-5-13-11(10)3-4-12-7-11;1-4-11(8-12-5-1)10-9(2-6-13-11)3-7-14-10;1-5-12-10(3-4-11-7-10)9-8(1)2-6-13-9;;;;;/h7,13H,2-6,8H2,1H3;6,12H,2-5,7H2,1H3;3,7,12H,1-2,4-6,8H2;2,6,11H,1,3-5,7H2;5*1H4. The summed E-state index contributed by atoms with van der Waals surface area (Å²) in [5.74, 6) is 0. The number of piperidine rings is 2. The molecule has 0 aromatic carbocycles. The van der Waals surface area contributed by atoms with E-state index in [-0.39, 0.29) is 59.5 Å². The number of thiophene rings is 4. The molecule has 4 spiro atoms. The van der Waals surface area contributed by atoms with Gasteiger partial charge in [-0.3, -0.25) is 0 Å². The molecule has 8 aliphatic rings. The lowest BCUT2D eigenvalue weighted by Gasteiger charge is -2.40. The Labute approximate surface area is 386 Å². The zero-order valence-electron chi connectivity index (χ0n) is 33.3. The van der Waals surface area contributed by atoms with Crippen LogP contribution in [0, 0.1) is 13.8 Å². The van der Waals surface area contributed by atoms with Gasteiger partial charge in [-0.05, 0) is 171 Å². The van der Waals surface area contributed by atoms with Crippen LogP contribution in [0.2, 0.25) is 0 Å². The third-order valence-corrected chi connectivity index (χ3v) is 18.2. The molecule has 12 heteroatoms. The molecule has 4 N–H and O–H groups in total. The molecule has 0 bridgehead atoms. The van der Waals surface area contributed by atoms with Crippen molar-refractivity contribution >= 4 is 45.3 Å². The minimum absolute atomic E-state index is 0. The first-order valence-corrected chi connectivity index (χ1v) is 24.6. The average molecular weight is 917 g/mol. The third-order valence-electron chi connectivity index (χ3n) is 13.2. The van der Waals surface area contributed by atoms with Crippen molar-refractivity contribution in [1.29, 1.82) is 0 Å². The van der Waals surface area contributed by atoms with Gasteiger partial charge in [0.1, 0.15) is 22.4 Å². The van der Waals surface area contributed by atoms with Crippen LogP contribution in [0.15, 0.2) is 33.7 Å². The van der Waals surface area contributed by atoms with E-state index in [2.05, 4.69) is 68.8 Å². The van der Waals surface area contributed by atoms with E-state index >= 15 is 0 Å². The van der Waals surface area contributed by atoms with Crippen molar-refractivity contribution in [3.05, 3.63) is 86.5 Å². The second-order valence-electron chi connectivity index (χ2n) is 16.8. The predicted molar refractivity (Wildman–Crippen MR) is 265 cm³/mol. The highest BCUT2D eigenvalue weighted by atomic mass is 32.1. The molecule has 12 heterocycles. The highest BCUT2D eigenvalue weighted by Crippen LogP contribution is 2.45. The minimum Gasteiger partial charge on any atom is -0.368 e. The molecule has 4 saturated heterocycles. The van der Waals surface area contributed by atoms with Gasteiger partial charge in [-0.1, -0.05) is 37.1 Å². The zero-order chi connectivity index (χ0) is 38.1. The number of fused-ring (bicyclic) bond motifs is 8. The first-order chi connectivity index (χ1) is 27.5. The molecule has 4 aromatic rings. The van der Waals surface area contributed by atoms with E-state index in [1.165, 1.54) is 67.4 Å². The fourth-order valence-corrected chi connectivity index (χ4v) is 15.1. The molecular formula is C49H80N4O4S4. The maximum absolute atomic E-state index is 6.09. The normalized spacial score (nSPS) is 28.8. The largest absolute Gasteiger partial charge is 0.368 e. The first-order valence-electron chi connectivity index (χ1n) is 21.1. The Hall–Kier alpha value is -1.52. The summed E-state index contributed by atoms with van der Waals surface area (Å²) in [4.78, 5) is 5.95. The molecular weight excluding hydrogens is 837 g/mol. The Bertz CT molecular complexity index is 1910. The summed E-state index contributed by atoms with van der Waals surface area (Å²) in [6, 6.07) is 4.52. The van der Waals surface area contributed by atoms with Crippen LogP contribution in [0.5, 0.6) is 0 Å². The molecule has 0 saturated carbocycles. The third kappa shape index (κ3) is 10.3. The lowest BCUT2D eigenvalue weighted by molar-refractivity contribution is -0.0720. The topological polar surface area (TPSA) is 85.0 Å². The molecule has 0 radical (unpaired) electrons. The molecule has 4 aromatic heterocycles. The van der Waals surface area contributed by atoms with Gasteiger partial charge in [0.25, 0.3) is 0 Å². The van der Waals surface area contributed by atoms with Crippen LogP contribution in [0.25, 0.3) is 0 Å². The SMILES string of the molecule is C.C.C.C.C.Cc1csc2c1CCOC21CCCNC1.Cc1csc2c1CCOC21CCNC1.c1cc2c(s1)C1(CCCNC1)OCC2.c1cc2c(s1)C1(CCNC1)OCC2. The summed E-state index contributed by atoms with van der Waals surface area (Å²) in [5.41, 5.74) is 9.20. The van der Waals surface area contributed by atoms with Gasteiger partial charge in [0.2, 0.25) is 0 Å². The second kappa shape index (κ2) is 22.6. The van der Waals surface area contributed by atoms with Crippen LogP contribution in [-0.2, 0) is 67.0 Å². The van der Waals surface area contributed by atoms with E-state index in [4.69, 9.17) is 18.9 Å². The highest BCUT2D eigenvalue weighted by Gasteiger charge is 2.44. The van der Waals surface area contributed by atoms with Gasteiger partial charge in [-0.15, -0.1) is 45.3 Å². The minimum atomic E-state index is 0. The fraction of sp³-hybridized carbons (Fsp3) is 0.673. The first kappa shape index (κ1) is 52.1. The molecule has 12 rings (SSSR count). The van der Waals surface area contributed by atoms with Crippen molar-refractivity contribution in [3.8, 4) is 0 Å². The van der Waals surface area contributed by atoms with Crippen LogP contribution >= 0.6 is 45.3 Å². The van der Waals surface area contributed by atoms with Gasteiger partial charge in [-0.25, -0.2) is 0 Å². The maximum Gasteiger partial charge on any atom is 0.116 e. The summed E-state index contributed by atoms with van der Waals surface area (Å²) in [5, 5.41) is 22.7. The van der Waals surface area contributed by atoms with E-state index in [1.54, 1.807) is 11.1 Å². The number of ether oxygens (including phenoxy) is 4. The quantitative estimate of drug-likeness (QED) is 0.139. The van der Waals surface area contributed by atoms with Crippen LogP contribution in [0.4, 0.5) is 0 Å². The number of aryl methyl sites for hydroxylation is 2. The molecule has 0 amide bonds. The number of hydrogen-bond donors (Lipinski definition) is 4. The molecule has 61 heavy (non-hydrogen) atoms. The lowest BCUT2D eigenvalue weighted by Crippen LogP contribution is -2.47. The average Bonchev–Trinajstić information content (AvgIpc) is 4.09. The van der Waals surface area contributed by atoms with E-state index in [0.717, 1.165) is 117 Å². The van der Waals surface area contributed by atoms with Gasteiger partial charge in [-0.2, -0.15) is 0 Å². The Morgan fingerprint density at radius 2 is 0.803 bits per heavy atom. The molecule has 8 nitrogen and oxygen atoms in total. The molecule has 4 fully saturated rings.